The van der Waals surface area contributed by atoms with Crippen LogP contribution in [0.25, 0.3) is 11.3 Å². The molecule has 0 radical (unpaired) electrons. The van der Waals surface area contributed by atoms with Gasteiger partial charge in [-0.2, -0.15) is 0 Å². The molecule has 128 valence electrons. The molecule has 0 saturated heterocycles. The lowest BCUT2D eigenvalue weighted by molar-refractivity contribution is 0.0924. The number of nitrogens with zero attached hydrogens (tertiary/aromatic N) is 1. The van der Waals surface area contributed by atoms with Crippen LogP contribution in [0, 0.1) is 0 Å². The molecule has 25 heavy (non-hydrogen) atoms. The van der Waals surface area contributed by atoms with Gasteiger partial charge >= 0.3 is 0 Å². The zero-order chi connectivity index (χ0) is 17.9. The maximum Gasteiger partial charge on any atom is 0.257 e. The largest absolute Gasteiger partial charge is 0.355 e. The summed E-state index contributed by atoms with van der Waals surface area (Å²) in [5, 5.41) is 6.90. The highest BCUT2D eigenvalue weighted by molar-refractivity contribution is 5.99. The van der Waals surface area contributed by atoms with E-state index in [0.717, 1.165) is 5.56 Å². The van der Waals surface area contributed by atoms with Crippen LogP contribution in [0.4, 0.5) is 0 Å². The predicted molar refractivity (Wildman–Crippen MR) is 98.3 cm³/mol. The van der Waals surface area contributed by atoms with Crippen LogP contribution in [0.15, 0.2) is 71.4 Å². The molecule has 1 aromatic heterocycles. The lowest BCUT2D eigenvalue weighted by Gasteiger charge is -2.33. The average molecular weight is 334 g/mol. The number of carbonyl (C=O) groups excluding carboxylic acids is 1. The Morgan fingerprint density at radius 2 is 1.64 bits per heavy atom. The fraction of sp³-hybridized carbons (Fsp3) is 0.238. The van der Waals surface area contributed by atoms with Crippen molar-refractivity contribution in [3.05, 3.63) is 78.0 Å². The van der Waals surface area contributed by atoms with Crippen LogP contribution >= 0.6 is 0 Å². The standard InChI is InChI=1S/C21H22N2O2/c1-15(21(2,3)17-12-8-5-9-13-17)23-20(24)18-14-22-25-19(18)16-10-6-4-7-11-16/h4-15H,1-3H3,(H,23,24)/t15-/m1/s1. The predicted octanol–water partition coefficient (Wildman–Crippen LogP) is 4.44. The quantitative estimate of drug-likeness (QED) is 0.750. The van der Waals surface area contributed by atoms with Crippen LogP contribution in [0.5, 0.6) is 0 Å². The molecule has 3 rings (SSSR count). The molecule has 0 aliphatic rings. The monoisotopic (exact) mass is 334 g/mol. The number of hydrogen-bond donors (Lipinski definition) is 1. The topological polar surface area (TPSA) is 55.1 Å². The van der Waals surface area contributed by atoms with Gasteiger partial charge in [0, 0.05) is 17.0 Å². The molecule has 1 atom stereocenters. The van der Waals surface area contributed by atoms with Crippen molar-refractivity contribution in [1.29, 1.82) is 0 Å². The third kappa shape index (κ3) is 3.48. The molecule has 3 aromatic rings. The van der Waals surface area contributed by atoms with Gasteiger partial charge in [-0.1, -0.05) is 79.7 Å². The van der Waals surface area contributed by atoms with E-state index in [1.807, 2.05) is 55.5 Å². The van der Waals surface area contributed by atoms with E-state index in [1.54, 1.807) is 0 Å². The molecule has 0 spiro atoms. The first-order chi connectivity index (χ1) is 12.0. The molecule has 0 saturated carbocycles. The minimum Gasteiger partial charge on any atom is -0.355 e. The van der Waals surface area contributed by atoms with Crippen molar-refractivity contribution in [2.75, 3.05) is 0 Å². The van der Waals surface area contributed by atoms with E-state index in [-0.39, 0.29) is 17.4 Å². The summed E-state index contributed by atoms with van der Waals surface area (Å²) < 4.78 is 5.31. The van der Waals surface area contributed by atoms with E-state index < -0.39 is 0 Å². The highest BCUT2D eigenvalue weighted by atomic mass is 16.5. The minimum atomic E-state index is -0.207. The summed E-state index contributed by atoms with van der Waals surface area (Å²) in [6.07, 6.45) is 1.47. The molecule has 4 nitrogen and oxygen atoms in total. The van der Waals surface area contributed by atoms with E-state index >= 15 is 0 Å². The molecule has 1 amide bonds. The third-order valence-corrected chi connectivity index (χ3v) is 4.80. The number of benzene rings is 2. The van der Waals surface area contributed by atoms with Crippen molar-refractivity contribution in [1.82, 2.24) is 10.5 Å². The lowest BCUT2D eigenvalue weighted by Crippen LogP contribution is -2.45. The molecule has 0 fully saturated rings. The zero-order valence-electron chi connectivity index (χ0n) is 14.7. The smallest absolute Gasteiger partial charge is 0.257 e. The summed E-state index contributed by atoms with van der Waals surface area (Å²) in [7, 11) is 0. The number of carbonyl (C=O) groups is 1. The molecule has 0 aliphatic carbocycles. The minimum absolute atomic E-state index is 0.0686. The third-order valence-electron chi connectivity index (χ3n) is 4.80. The second kappa shape index (κ2) is 6.93. The fourth-order valence-corrected chi connectivity index (χ4v) is 2.77. The molecular weight excluding hydrogens is 312 g/mol. The highest BCUT2D eigenvalue weighted by Gasteiger charge is 2.30. The van der Waals surface area contributed by atoms with Gasteiger partial charge in [0.1, 0.15) is 5.56 Å². The van der Waals surface area contributed by atoms with Gasteiger partial charge in [0.05, 0.1) is 6.20 Å². The van der Waals surface area contributed by atoms with Gasteiger partial charge in [0.2, 0.25) is 0 Å². The summed E-state index contributed by atoms with van der Waals surface area (Å²) in [6, 6.07) is 19.6. The van der Waals surface area contributed by atoms with Gasteiger partial charge in [-0.25, -0.2) is 0 Å². The maximum absolute atomic E-state index is 12.8. The molecule has 1 N–H and O–H groups in total. The Hall–Kier alpha value is -2.88. The first-order valence-electron chi connectivity index (χ1n) is 8.36. The number of amides is 1. The zero-order valence-corrected chi connectivity index (χ0v) is 14.7. The van der Waals surface area contributed by atoms with E-state index in [1.165, 1.54) is 11.8 Å². The van der Waals surface area contributed by atoms with Crippen molar-refractivity contribution in [2.24, 2.45) is 0 Å². The highest BCUT2D eigenvalue weighted by Crippen LogP contribution is 2.28. The Morgan fingerprint density at radius 3 is 2.28 bits per heavy atom. The second-order valence-corrected chi connectivity index (χ2v) is 6.72. The fourth-order valence-electron chi connectivity index (χ4n) is 2.77. The Morgan fingerprint density at radius 1 is 1.04 bits per heavy atom. The van der Waals surface area contributed by atoms with Crippen LogP contribution in [-0.4, -0.2) is 17.1 Å². The van der Waals surface area contributed by atoms with Crippen molar-refractivity contribution in [3.8, 4) is 11.3 Å². The summed E-state index contributed by atoms with van der Waals surface area (Å²) in [5.41, 5.74) is 2.25. The van der Waals surface area contributed by atoms with Gasteiger partial charge < -0.3 is 9.84 Å². The summed E-state index contributed by atoms with van der Waals surface area (Å²) in [4.78, 5) is 12.8. The maximum atomic E-state index is 12.8. The molecule has 1 heterocycles. The Balaban J connectivity index is 1.81. The average Bonchev–Trinajstić information content (AvgIpc) is 3.13. The van der Waals surface area contributed by atoms with Gasteiger partial charge in [-0.3, -0.25) is 4.79 Å². The number of nitrogens with one attached hydrogen (secondary N) is 1. The van der Waals surface area contributed by atoms with Crippen LogP contribution in [0.1, 0.15) is 36.7 Å². The molecule has 0 bridgehead atoms. The lowest BCUT2D eigenvalue weighted by atomic mass is 9.78. The molecule has 2 aromatic carbocycles. The van der Waals surface area contributed by atoms with E-state index in [2.05, 4.69) is 36.5 Å². The summed E-state index contributed by atoms with van der Waals surface area (Å²) in [5.74, 6) is 0.305. The molecule has 0 unspecified atom stereocenters. The van der Waals surface area contributed by atoms with Crippen LogP contribution < -0.4 is 5.32 Å². The Labute approximate surface area is 147 Å². The number of hydrogen-bond acceptors (Lipinski definition) is 3. The van der Waals surface area contributed by atoms with Gasteiger partial charge in [-0.05, 0) is 12.5 Å². The SMILES string of the molecule is C[C@@H](NC(=O)c1cnoc1-c1ccccc1)C(C)(C)c1ccccc1. The first-order valence-corrected chi connectivity index (χ1v) is 8.36. The van der Waals surface area contributed by atoms with Crippen LogP contribution in [0.3, 0.4) is 0 Å². The number of rotatable bonds is 5. The van der Waals surface area contributed by atoms with E-state index in [0.29, 0.717) is 11.3 Å². The van der Waals surface area contributed by atoms with Gasteiger partial charge in [-0.15, -0.1) is 0 Å². The van der Waals surface area contributed by atoms with Gasteiger partial charge in [0.25, 0.3) is 5.91 Å². The van der Waals surface area contributed by atoms with Crippen molar-refractivity contribution in [2.45, 2.75) is 32.2 Å². The molecule has 0 aliphatic heterocycles. The molecular formula is C21H22N2O2. The van der Waals surface area contributed by atoms with Crippen molar-refractivity contribution >= 4 is 5.91 Å². The van der Waals surface area contributed by atoms with Crippen LogP contribution in [-0.2, 0) is 5.41 Å². The normalized spacial score (nSPS) is 12.6. The van der Waals surface area contributed by atoms with Crippen molar-refractivity contribution < 1.29 is 9.32 Å². The first kappa shape index (κ1) is 17.0. The second-order valence-electron chi connectivity index (χ2n) is 6.72. The van der Waals surface area contributed by atoms with E-state index in [4.69, 9.17) is 4.52 Å². The summed E-state index contributed by atoms with van der Waals surface area (Å²) >= 11 is 0. The van der Waals surface area contributed by atoms with Crippen molar-refractivity contribution in [3.63, 3.8) is 0 Å². The van der Waals surface area contributed by atoms with Gasteiger partial charge in [0.15, 0.2) is 5.76 Å². The molecule has 4 heteroatoms. The number of aromatic nitrogens is 1. The Kier molecular flexibility index (Phi) is 4.70. The Bertz CT molecular complexity index is 839. The van der Waals surface area contributed by atoms with E-state index in [9.17, 15) is 4.79 Å². The summed E-state index contributed by atoms with van der Waals surface area (Å²) in [6.45, 7) is 6.26. The van der Waals surface area contributed by atoms with Crippen LogP contribution in [0.2, 0.25) is 0 Å².